The van der Waals surface area contributed by atoms with E-state index in [1.54, 1.807) is 12.1 Å². The fourth-order valence-corrected chi connectivity index (χ4v) is 2.32. The summed E-state index contributed by atoms with van der Waals surface area (Å²) in [5.74, 6) is 1.18. The van der Waals surface area contributed by atoms with Crippen molar-refractivity contribution in [1.29, 1.82) is 0 Å². The van der Waals surface area contributed by atoms with Gasteiger partial charge in [0.05, 0.1) is 6.04 Å². The molecule has 1 unspecified atom stereocenters. The molecule has 2 aromatic rings. The van der Waals surface area contributed by atoms with Crippen LogP contribution >= 0.6 is 27.5 Å². The molecule has 2 N–H and O–H groups in total. The van der Waals surface area contributed by atoms with Crippen molar-refractivity contribution in [2.45, 2.75) is 19.9 Å². The highest BCUT2D eigenvalue weighted by molar-refractivity contribution is 9.10. The van der Waals surface area contributed by atoms with Gasteiger partial charge in [0.2, 0.25) is 0 Å². The van der Waals surface area contributed by atoms with Gasteiger partial charge in [-0.05, 0) is 24.1 Å². The predicted molar refractivity (Wildman–Crippen MR) is 74.2 cm³/mol. The number of halogens is 2. The Bertz CT molecular complexity index is 536. The molecule has 6 heteroatoms. The molecule has 18 heavy (non-hydrogen) atoms. The highest BCUT2D eigenvalue weighted by Gasteiger charge is 2.18. The minimum Gasteiger partial charge on any atom is -0.334 e. The van der Waals surface area contributed by atoms with E-state index in [2.05, 4.69) is 26.1 Å². The minimum atomic E-state index is -0.231. The molecule has 0 radical (unpaired) electrons. The smallest absolute Gasteiger partial charge is 0.258 e. The third kappa shape index (κ3) is 2.91. The zero-order valence-electron chi connectivity index (χ0n) is 10.0. The van der Waals surface area contributed by atoms with Crippen molar-refractivity contribution in [2.75, 3.05) is 0 Å². The van der Waals surface area contributed by atoms with Gasteiger partial charge in [-0.25, -0.2) is 0 Å². The van der Waals surface area contributed by atoms with E-state index in [1.807, 2.05) is 19.9 Å². The number of rotatable bonds is 3. The summed E-state index contributed by atoms with van der Waals surface area (Å²) in [7, 11) is 0. The van der Waals surface area contributed by atoms with Gasteiger partial charge in [0.1, 0.15) is 0 Å². The van der Waals surface area contributed by atoms with E-state index >= 15 is 0 Å². The van der Waals surface area contributed by atoms with Gasteiger partial charge >= 0.3 is 0 Å². The van der Waals surface area contributed by atoms with E-state index < -0.39 is 0 Å². The van der Waals surface area contributed by atoms with Crippen LogP contribution in [0.3, 0.4) is 0 Å². The molecule has 0 fully saturated rings. The van der Waals surface area contributed by atoms with E-state index in [4.69, 9.17) is 21.9 Å². The fourth-order valence-electron chi connectivity index (χ4n) is 1.46. The van der Waals surface area contributed by atoms with Gasteiger partial charge in [0.25, 0.3) is 5.89 Å². The Labute approximate surface area is 119 Å². The molecule has 1 atom stereocenters. The molecule has 0 saturated carbocycles. The molecule has 1 aromatic heterocycles. The number of aromatic nitrogens is 2. The van der Waals surface area contributed by atoms with Gasteiger partial charge in [-0.2, -0.15) is 4.98 Å². The largest absolute Gasteiger partial charge is 0.334 e. The number of benzene rings is 1. The minimum absolute atomic E-state index is 0.231. The summed E-state index contributed by atoms with van der Waals surface area (Å²) in [5.41, 5.74) is 6.74. The molecule has 0 spiro atoms. The lowest BCUT2D eigenvalue weighted by Gasteiger charge is -2.09. The molecule has 0 saturated heterocycles. The zero-order chi connectivity index (χ0) is 13.3. The van der Waals surface area contributed by atoms with Crippen LogP contribution in [-0.4, -0.2) is 10.1 Å². The van der Waals surface area contributed by atoms with E-state index in [0.717, 1.165) is 10.0 Å². The van der Waals surface area contributed by atoms with Crippen LogP contribution in [-0.2, 0) is 0 Å². The van der Waals surface area contributed by atoms with Crippen LogP contribution in [0.15, 0.2) is 27.2 Å². The molecule has 96 valence electrons. The molecule has 0 aliphatic rings. The maximum Gasteiger partial charge on any atom is 0.258 e. The number of hydrogen-bond acceptors (Lipinski definition) is 4. The lowest BCUT2D eigenvalue weighted by Crippen LogP contribution is -2.18. The molecule has 0 bridgehead atoms. The van der Waals surface area contributed by atoms with Crippen molar-refractivity contribution < 1.29 is 4.52 Å². The Kier molecular flexibility index (Phi) is 4.04. The quantitative estimate of drug-likeness (QED) is 0.929. The molecular formula is C12H13BrClN3O. The summed E-state index contributed by atoms with van der Waals surface area (Å²) >= 11 is 9.35. The van der Waals surface area contributed by atoms with E-state index in [9.17, 15) is 0 Å². The van der Waals surface area contributed by atoms with Crippen LogP contribution < -0.4 is 5.73 Å². The molecule has 2 rings (SSSR count). The van der Waals surface area contributed by atoms with Crippen LogP contribution in [0, 0.1) is 5.92 Å². The first-order chi connectivity index (χ1) is 8.47. The Morgan fingerprint density at radius 2 is 2.06 bits per heavy atom. The Morgan fingerprint density at radius 3 is 2.67 bits per heavy atom. The Hall–Kier alpha value is -0.910. The topological polar surface area (TPSA) is 64.9 Å². The monoisotopic (exact) mass is 329 g/mol. The summed E-state index contributed by atoms with van der Waals surface area (Å²) in [6, 6.07) is 5.20. The second-order valence-electron chi connectivity index (χ2n) is 4.39. The van der Waals surface area contributed by atoms with Crippen molar-refractivity contribution in [1.82, 2.24) is 10.1 Å². The van der Waals surface area contributed by atoms with Crippen LogP contribution in [0.5, 0.6) is 0 Å². The van der Waals surface area contributed by atoms with Crippen LogP contribution in [0.4, 0.5) is 0 Å². The summed E-state index contributed by atoms with van der Waals surface area (Å²) < 4.78 is 6.07. The molecule has 1 aromatic carbocycles. The van der Waals surface area contributed by atoms with Crippen LogP contribution in [0.2, 0.25) is 5.02 Å². The maximum absolute atomic E-state index is 5.98. The van der Waals surface area contributed by atoms with Gasteiger partial charge in [0, 0.05) is 15.1 Å². The standard InChI is InChI=1S/C12H13BrClN3O/c1-6(2)10(15)11-16-12(18-17-11)7-3-8(13)5-9(14)4-7/h3-6,10H,15H2,1-2H3. The molecular weight excluding hydrogens is 318 g/mol. The second-order valence-corrected chi connectivity index (χ2v) is 5.74. The SMILES string of the molecule is CC(C)C(N)c1noc(-c2cc(Cl)cc(Br)c2)n1. The third-order valence-electron chi connectivity index (χ3n) is 2.57. The van der Waals surface area contributed by atoms with Crippen molar-refractivity contribution >= 4 is 27.5 Å². The summed E-state index contributed by atoms with van der Waals surface area (Å²) in [4.78, 5) is 4.30. The predicted octanol–water partition coefficient (Wildman–Crippen LogP) is 3.81. The normalized spacial score (nSPS) is 13.0. The van der Waals surface area contributed by atoms with E-state index in [-0.39, 0.29) is 12.0 Å². The lowest BCUT2D eigenvalue weighted by molar-refractivity contribution is 0.400. The zero-order valence-corrected chi connectivity index (χ0v) is 12.4. The Balaban J connectivity index is 2.35. The number of nitrogens with two attached hydrogens (primary N) is 1. The van der Waals surface area contributed by atoms with Gasteiger partial charge in [-0.3, -0.25) is 0 Å². The fraction of sp³-hybridized carbons (Fsp3) is 0.333. The first-order valence-corrected chi connectivity index (χ1v) is 6.70. The first kappa shape index (κ1) is 13.5. The highest BCUT2D eigenvalue weighted by atomic mass is 79.9. The van der Waals surface area contributed by atoms with Crippen LogP contribution in [0.25, 0.3) is 11.5 Å². The van der Waals surface area contributed by atoms with Gasteiger partial charge in [-0.15, -0.1) is 0 Å². The summed E-state index contributed by atoms with van der Waals surface area (Å²) in [6.07, 6.45) is 0. The highest BCUT2D eigenvalue weighted by Crippen LogP contribution is 2.27. The van der Waals surface area contributed by atoms with E-state index in [1.165, 1.54) is 0 Å². The molecule has 0 aliphatic heterocycles. The lowest BCUT2D eigenvalue weighted by atomic mass is 10.1. The van der Waals surface area contributed by atoms with Crippen molar-refractivity contribution in [3.05, 3.63) is 33.5 Å². The van der Waals surface area contributed by atoms with Crippen molar-refractivity contribution in [3.63, 3.8) is 0 Å². The van der Waals surface area contributed by atoms with E-state index in [0.29, 0.717) is 16.7 Å². The number of nitrogens with zero attached hydrogens (tertiary/aromatic N) is 2. The summed E-state index contributed by atoms with van der Waals surface area (Å²) in [6.45, 7) is 4.02. The summed E-state index contributed by atoms with van der Waals surface area (Å²) in [5, 5.41) is 4.51. The first-order valence-electron chi connectivity index (χ1n) is 5.53. The Morgan fingerprint density at radius 1 is 1.33 bits per heavy atom. The van der Waals surface area contributed by atoms with Gasteiger partial charge < -0.3 is 10.3 Å². The maximum atomic E-state index is 5.98. The molecule has 0 amide bonds. The van der Waals surface area contributed by atoms with Crippen molar-refractivity contribution in [3.8, 4) is 11.5 Å². The van der Waals surface area contributed by atoms with Crippen LogP contribution in [0.1, 0.15) is 25.7 Å². The van der Waals surface area contributed by atoms with Crippen molar-refractivity contribution in [2.24, 2.45) is 11.7 Å². The molecule has 4 nitrogen and oxygen atoms in total. The molecule has 1 heterocycles. The second kappa shape index (κ2) is 5.38. The van der Waals surface area contributed by atoms with Gasteiger partial charge in [-0.1, -0.05) is 46.5 Å². The van der Waals surface area contributed by atoms with Gasteiger partial charge in [0.15, 0.2) is 5.82 Å². The molecule has 0 aliphatic carbocycles. The third-order valence-corrected chi connectivity index (χ3v) is 3.24. The number of hydrogen-bond donors (Lipinski definition) is 1. The average molecular weight is 331 g/mol. The average Bonchev–Trinajstić information content (AvgIpc) is 2.75.